The molecule has 0 spiro atoms. The molecule has 172 valence electrons. The van der Waals surface area contributed by atoms with Gasteiger partial charge in [0.15, 0.2) is 5.82 Å². The molecule has 33 heavy (non-hydrogen) atoms. The van der Waals surface area contributed by atoms with E-state index in [0.29, 0.717) is 24.3 Å². The van der Waals surface area contributed by atoms with Crippen molar-refractivity contribution in [1.82, 2.24) is 25.2 Å². The number of carbonyl (C=O) groups is 1. The first-order valence-corrected chi connectivity index (χ1v) is 10.7. The first-order chi connectivity index (χ1) is 15.9. The highest BCUT2D eigenvalue weighted by molar-refractivity contribution is 5.94. The molecule has 3 unspecified atom stereocenters. The number of alkyl halides is 3. The van der Waals surface area contributed by atoms with Crippen molar-refractivity contribution in [3.05, 3.63) is 78.1 Å². The maximum atomic E-state index is 12.4. The van der Waals surface area contributed by atoms with Crippen molar-refractivity contribution >= 4 is 5.91 Å². The quantitative estimate of drug-likeness (QED) is 0.568. The van der Waals surface area contributed by atoms with E-state index in [4.69, 9.17) is 0 Å². The van der Waals surface area contributed by atoms with Crippen LogP contribution in [-0.2, 0) is 0 Å². The van der Waals surface area contributed by atoms with Crippen molar-refractivity contribution in [3.63, 3.8) is 0 Å². The molecule has 3 atom stereocenters. The van der Waals surface area contributed by atoms with Crippen molar-refractivity contribution < 1.29 is 22.7 Å². The largest absolute Gasteiger partial charge is 0.573 e. The van der Waals surface area contributed by atoms with Crippen LogP contribution >= 0.6 is 0 Å². The lowest BCUT2D eigenvalue weighted by Gasteiger charge is -2.28. The van der Waals surface area contributed by atoms with E-state index in [0.717, 1.165) is 30.7 Å². The number of ether oxygens (including phenoxy) is 1. The molecule has 2 aliphatic rings. The van der Waals surface area contributed by atoms with Crippen LogP contribution in [0.5, 0.6) is 5.75 Å². The fourth-order valence-electron chi connectivity index (χ4n) is 4.81. The summed E-state index contributed by atoms with van der Waals surface area (Å²) >= 11 is 0. The average molecular weight is 457 g/mol. The number of fused-ring (bicyclic) bond motifs is 1. The van der Waals surface area contributed by atoms with Gasteiger partial charge in [-0.3, -0.25) is 9.69 Å². The lowest BCUT2D eigenvalue weighted by atomic mass is 10.1. The summed E-state index contributed by atoms with van der Waals surface area (Å²) in [5, 5.41) is 2.86. The molecule has 1 saturated carbocycles. The number of halogens is 3. The first kappa shape index (κ1) is 21.4. The van der Waals surface area contributed by atoms with Gasteiger partial charge in [0.05, 0.1) is 0 Å². The number of amides is 1. The number of rotatable bonds is 7. The Morgan fingerprint density at radius 1 is 1.15 bits per heavy atom. The molecule has 0 bridgehead atoms. The lowest BCUT2D eigenvalue weighted by Crippen LogP contribution is -2.34. The summed E-state index contributed by atoms with van der Waals surface area (Å²) in [7, 11) is 0. The van der Waals surface area contributed by atoms with Crippen molar-refractivity contribution in [2.24, 2.45) is 17.8 Å². The maximum absolute atomic E-state index is 12.4. The monoisotopic (exact) mass is 457 g/mol. The topological polar surface area (TPSA) is 83.1 Å². The van der Waals surface area contributed by atoms with Crippen LogP contribution in [0.3, 0.4) is 0 Å². The molecular formula is C23H22F3N5O2. The number of hydrogen-bond donors (Lipinski definition) is 2. The molecule has 1 aromatic carbocycles. The van der Waals surface area contributed by atoms with Crippen molar-refractivity contribution in [1.29, 1.82) is 0 Å². The molecule has 2 aromatic heterocycles. The Labute approximate surface area is 188 Å². The highest BCUT2D eigenvalue weighted by Gasteiger charge is 2.56. The number of benzene rings is 1. The molecule has 1 amide bonds. The molecule has 0 radical (unpaired) electrons. The summed E-state index contributed by atoms with van der Waals surface area (Å²) in [6.07, 6.45) is 0.564. The van der Waals surface area contributed by atoms with Crippen molar-refractivity contribution in [2.75, 3.05) is 19.6 Å². The summed E-state index contributed by atoms with van der Waals surface area (Å²) in [6.45, 7) is 2.21. The van der Waals surface area contributed by atoms with Gasteiger partial charge >= 0.3 is 6.36 Å². The molecule has 10 heteroatoms. The van der Waals surface area contributed by atoms with Crippen LogP contribution in [0.25, 0.3) is 0 Å². The Bertz CT molecular complexity index is 1090. The smallest absolute Gasteiger partial charge is 0.406 e. The van der Waals surface area contributed by atoms with Crippen LogP contribution < -0.4 is 10.1 Å². The summed E-state index contributed by atoms with van der Waals surface area (Å²) in [5.41, 5.74) is 1.17. The van der Waals surface area contributed by atoms with E-state index in [2.05, 4.69) is 29.9 Å². The van der Waals surface area contributed by atoms with Gasteiger partial charge in [-0.1, -0.05) is 6.07 Å². The Morgan fingerprint density at radius 3 is 2.58 bits per heavy atom. The average Bonchev–Trinajstić information content (AvgIpc) is 3.17. The van der Waals surface area contributed by atoms with Crippen LogP contribution in [0.1, 0.15) is 27.9 Å². The summed E-state index contributed by atoms with van der Waals surface area (Å²) in [5.74, 6) is 1.17. The number of aromatic nitrogens is 3. The number of aromatic amines is 1. The fourth-order valence-corrected chi connectivity index (χ4v) is 4.81. The second-order valence-corrected chi connectivity index (χ2v) is 8.37. The minimum absolute atomic E-state index is 0.0550. The fraction of sp³-hybridized carbons (Fsp3) is 0.348. The Kier molecular flexibility index (Phi) is 5.53. The van der Waals surface area contributed by atoms with E-state index < -0.39 is 18.0 Å². The van der Waals surface area contributed by atoms with E-state index in [1.807, 2.05) is 18.3 Å². The normalized spacial score (nSPS) is 23.1. The molecule has 1 saturated heterocycles. The molecular weight excluding hydrogens is 435 g/mol. The standard InChI is InChI=1S/C23H22F3N5O2/c24-23(25,26)33-15-5-1-4-14(10-15)22(32)30-11-16-17-12-31(13-18(16)17)20(19-6-2-7-27-19)21-28-8-3-9-29-21/h1-10,16-18,20,27H,11-13H2,(H,30,32). The molecule has 2 fully saturated rings. The number of nitrogens with zero attached hydrogens (tertiary/aromatic N) is 3. The SMILES string of the molecule is O=C(NCC1C2CN(C(c3ncccn3)c3ccc[nH]3)CC12)c1cccc(OC(F)(F)F)c1. The highest BCUT2D eigenvalue weighted by atomic mass is 19.4. The van der Waals surface area contributed by atoms with Crippen LogP contribution in [0.15, 0.2) is 61.1 Å². The van der Waals surface area contributed by atoms with Crippen LogP contribution in [0.2, 0.25) is 0 Å². The van der Waals surface area contributed by atoms with Gasteiger partial charge in [0, 0.05) is 49.5 Å². The van der Waals surface area contributed by atoms with E-state index in [9.17, 15) is 18.0 Å². The number of likely N-dealkylation sites (tertiary alicyclic amines) is 1. The van der Waals surface area contributed by atoms with Gasteiger partial charge in [-0.25, -0.2) is 9.97 Å². The van der Waals surface area contributed by atoms with Crippen molar-refractivity contribution in [2.45, 2.75) is 12.4 Å². The Morgan fingerprint density at radius 2 is 1.91 bits per heavy atom. The van der Waals surface area contributed by atoms with Gasteiger partial charge in [0.2, 0.25) is 0 Å². The summed E-state index contributed by atoms with van der Waals surface area (Å²) < 4.78 is 41.1. The Hall–Kier alpha value is -3.40. The molecule has 7 nitrogen and oxygen atoms in total. The zero-order chi connectivity index (χ0) is 23.0. The van der Waals surface area contributed by atoms with Gasteiger partial charge in [-0.15, -0.1) is 13.2 Å². The zero-order valence-corrected chi connectivity index (χ0v) is 17.5. The Balaban J connectivity index is 1.17. The van der Waals surface area contributed by atoms with Gasteiger partial charge in [0.1, 0.15) is 11.8 Å². The van der Waals surface area contributed by atoms with E-state index >= 15 is 0 Å². The minimum Gasteiger partial charge on any atom is -0.406 e. The van der Waals surface area contributed by atoms with Crippen LogP contribution in [-0.4, -0.2) is 51.8 Å². The number of nitrogens with one attached hydrogen (secondary N) is 2. The molecule has 2 N–H and O–H groups in total. The maximum Gasteiger partial charge on any atom is 0.573 e. The summed E-state index contributed by atoms with van der Waals surface area (Å²) in [4.78, 5) is 27.0. The minimum atomic E-state index is -4.80. The summed E-state index contributed by atoms with van der Waals surface area (Å²) in [6, 6.07) is 10.8. The van der Waals surface area contributed by atoms with Crippen LogP contribution in [0, 0.1) is 17.8 Å². The molecule has 1 aliphatic carbocycles. The van der Waals surface area contributed by atoms with E-state index in [1.165, 1.54) is 18.2 Å². The number of hydrogen-bond acceptors (Lipinski definition) is 5. The number of H-pyrrole nitrogens is 1. The zero-order valence-electron chi connectivity index (χ0n) is 17.5. The predicted octanol–water partition coefficient (Wildman–Crippen LogP) is 3.40. The molecule has 5 rings (SSSR count). The second-order valence-electron chi connectivity index (χ2n) is 8.37. The second kappa shape index (κ2) is 8.51. The first-order valence-electron chi connectivity index (χ1n) is 10.7. The van der Waals surface area contributed by atoms with Crippen LogP contribution in [0.4, 0.5) is 13.2 Å². The van der Waals surface area contributed by atoms with Gasteiger partial charge in [-0.2, -0.15) is 0 Å². The third-order valence-electron chi connectivity index (χ3n) is 6.34. The van der Waals surface area contributed by atoms with Gasteiger partial charge < -0.3 is 15.0 Å². The molecule has 3 aromatic rings. The third kappa shape index (κ3) is 4.70. The highest BCUT2D eigenvalue weighted by Crippen LogP contribution is 2.53. The number of carbonyl (C=O) groups excluding carboxylic acids is 1. The molecule has 1 aliphatic heterocycles. The third-order valence-corrected chi connectivity index (χ3v) is 6.34. The van der Waals surface area contributed by atoms with Crippen molar-refractivity contribution in [3.8, 4) is 5.75 Å². The lowest BCUT2D eigenvalue weighted by molar-refractivity contribution is -0.274. The van der Waals surface area contributed by atoms with Gasteiger partial charge in [0.25, 0.3) is 5.91 Å². The van der Waals surface area contributed by atoms with E-state index in [-0.39, 0.29) is 11.6 Å². The number of piperidine rings is 1. The molecule has 3 heterocycles. The predicted molar refractivity (Wildman–Crippen MR) is 112 cm³/mol. The van der Waals surface area contributed by atoms with Gasteiger partial charge in [-0.05, 0) is 54.2 Å². The van der Waals surface area contributed by atoms with E-state index in [1.54, 1.807) is 18.5 Å².